The molecule has 142 valence electrons. The number of aromatic nitrogens is 1. The van der Waals surface area contributed by atoms with Gasteiger partial charge in [0.15, 0.2) is 0 Å². The smallest absolute Gasteiger partial charge is 0.253 e. The Morgan fingerprint density at radius 1 is 1.04 bits per heavy atom. The molecular formula is C22H20ClN3O2. The minimum atomic E-state index is -0.123. The van der Waals surface area contributed by atoms with Gasteiger partial charge in [0.2, 0.25) is 5.91 Å². The van der Waals surface area contributed by atoms with E-state index in [0.29, 0.717) is 36.5 Å². The highest BCUT2D eigenvalue weighted by Crippen LogP contribution is 2.25. The van der Waals surface area contributed by atoms with Gasteiger partial charge in [-0.1, -0.05) is 35.9 Å². The first-order valence-corrected chi connectivity index (χ1v) is 9.69. The molecule has 1 aromatic heterocycles. The quantitative estimate of drug-likeness (QED) is 0.718. The highest BCUT2D eigenvalue weighted by Gasteiger charge is 2.28. The second-order valence-corrected chi connectivity index (χ2v) is 7.38. The van der Waals surface area contributed by atoms with E-state index in [1.807, 2.05) is 30.3 Å². The Bertz CT molecular complexity index is 1020. The summed E-state index contributed by atoms with van der Waals surface area (Å²) in [7, 11) is 0. The first-order valence-electron chi connectivity index (χ1n) is 9.31. The van der Waals surface area contributed by atoms with Gasteiger partial charge in [0.25, 0.3) is 5.91 Å². The number of benzene rings is 2. The Hall–Kier alpha value is -2.92. The third kappa shape index (κ3) is 3.85. The normalized spacial score (nSPS) is 14.8. The minimum absolute atomic E-state index is 0.0204. The van der Waals surface area contributed by atoms with Crippen LogP contribution in [0.25, 0.3) is 10.9 Å². The molecule has 6 heteroatoms. The summed E-state index contributed by atoms with van der Waals surface area (Å²) in [6.45, 7) is 1.11. The Labute approximate surface area is 168 Å². The zero-order valence-corrected chi connectivity index (χ0v) is 16.0. The summed E-state index contributed by atoms with van der Waals surface area (Å²) in [5.41, 5.74) is 2.09. The average Bonchev–Trinajstić information content (AvgIpc) is 2.73. The second-order valence-electron chi connectivity index (χ2n) is 6.95. The van der Waals surface area contributed by atoms with E-state index in [4.69, 9.17) is 11.6 Å². The molecule has 0 aliphatic carbocycles. The molecule has 5 nitrogen and oxygen atoms in total. The van der Waals surface area contributed by atoms with Crippen LogP contribution in [-0.4, -0.2) is 34.8 Å². The number of hydrogen-bond acceptors (Lipinski definition) is 3. The van der Waals surface area contributed by atoms with Crippen molar-refractivity contribution in [2.24, 2.45) is 5.92 Å². The molecule has 3 aromatic rings. The fourth-order valence-electron chi connectivity index (χ4n) is 3.59. The lowest BCUT2D eigenvalue weighted by Crippen LogP contribution is -2.41. The van der Waals surface area contributed by atoms with E-state index in [-0.39, 0.29) is 17.7 Å². The molecule has 28 heavy (non-hydrogen) atoms. The van der Waals surface area contributed by atoms with E-state index >= 15 is 0 Å². The second kappa shape index (κ2) is 7.98. The van der Waals surface area contributed by atoms with Crippen LogP contribution in [0.3, 0.4) is 0 Å². The number of piperidine rings is 1. The maximum Gasteiger partial charge on any atom is 0.253 e. The molecule has 0 atom stereocenters. The highest BCUT2D eigenvalue weighted by molar-refractivity contribution is 6.30. The van der Waals surface area contributed by atoms with Gasteiger partial charge in [-0.25, -0.2) is 0 Å². The van der Waals surface area contributed by atoms with Crippen molar-refractivity contribution in [3.63, 3.8) is 0 Å². The van der Waals surface area contributed by atoms with Crippen LogP contribution in [0.5, 0.6) is 0 Å². The largest absolute Gasteiger partial charge is 0.339 e. The number of para-hydroxylation sites is 1. The van der Waals surface area contributed by atoms with Crippen molar-refractivity contribution < 1.29 is 9.59 Å². The van der Waals surface area contributed by atoms with Crippen molar-refractivity contribution in [2.45, 2.75) is 12.8 Å². The highest BCUT2D eigenvalue weighted by atomic mass is 35.5. The van der Waals surface area contributed by atoms with Crippen LogP contribution in [0, 0.1) is 5.92 Å². The number of halogens is 1. The number of pyridine rings is 1. The molecule has 1 saturated heterocycles. The summed E-state index contributed by atoms with van der Waals surface area (Å²) >= 11 is 5.98. The van der Waals surface area contributed by atoms with E-state index in [9.17, 15) is 9.59 Å². The zero-order valence-electron chi connectivity index (χ0n) is 15.3. The Kier molecular flexibility index (Phi) is 5.26. The van der Waals surface area contributed by atoms with Crippen LogP contribution in [0.4, 0.5) is 5.69 Å². The molecule has 1 N–H and O–H groups in total. The van der Waals surface area contributed by atoms with Crippen LogP contribution in [0.1, 0.15) is 23.2 Å². The third-order valence-electron chi connectivity index (χ3n) is 5.12. The molecule has 2 heterocycles. The molecule has 4 rings (SSSR count). The Morgan fingerprint density at radius 3 is 2.57 bits per heavy atom. The topological polar surface area (TPSA) is 62.3 Å². The number of carbonyl (C=O) groups is 2. The molecule has 1 aliphatic rings. The number of carbonyl (C=O) groups excluding carboxylic acids is 2. The number of amides is 2. The van der Waals surface area contributed by atoms with Crippen LogP contribution < -0.4 is 5.32 Å². The van der Waals surface area contributed by atoms with Crippen molar-refractivity contribution in [1.29, 1.82) is 0 Å². The van der Waals surface area contributed by atoms with E-state index in [2.05, 4.69) is 10.3 Å². The van der Waals surface area contributed by atoms with Gasteiger partial charge in [-0.2, -0.15) is 0 Å². The van der Waals surface area contributed by atoms with Crippen LogP contribution in [0.15, 0.2) is 60.8 Å². The van der Waals surface area contributed by atoms with Crippen molar-refractivity contribution in [1.82, 2.24) is 9.88 Å². The van der Waals surface area contributed by atoms with Gasteiger partial charge >= 0.3 is 0 Å². The summed E-state index contributed by atoms with van der Waals surface area (Å²) < 4.78 is 0. The summed E-state index contributed by atoms with van der Waals surface area (Å²) in [5.74, 6) is -0.185. The Morgan fingerprint density at radius 2 is 1.79 bits per heavy atom. The molecule has 0 spiro atoms. The molecule has 0 bridgehead atoms. The van der Waals surface area contributed by atoms with E-state index in [1.54, 1.807) is 35.4 Å². The SMILES string of the molecule is O=C(Nc1cccc2cccnc12)C1CCN(C(=O)c2cccc(Cl)c2)CC1. The number of rotatable bonds is 3. The monoisotopic (exact) mass is 393 g/mol. The first kappa shape index (κ1) is 18.4. The molecule has 1 fully saturated rings. The van der Waals surface area contributed by atoms with Crippen LogP contribution >= 0.6 is 11.6 Å². The van der Waals surface area contributed by atoms with E-state index in [0.717, 1.165) is 16.6 Å². The third-order valence-corrected chi connectivity index (χ3v) is 5.35. The molecule has 0 saturated carbocycles. The maximum atomic E-state index is 12.7. The maximum absolute atomic E-state index is 12.7. The van der Waals surface area contributed by atoms with Crippen molar-refractivity contribution in [3.05, 3.63) is 71.4 Å². The number of likely N-dealkylation sites (tertiary alicyclic amines) is 1. The number of anilines is 1. The average molecular weight is 394 g/mol. The fourth-order valence-corrected chi connectivity index (χ4v) is 3.78. The molecule has 1 aliphatic heterocycles. The van der Waals surface area contributed by atoms with Crippen molar-refractivity contribution >= 4 is 40.0 Å². The van der Waals surface area contributed by atoms with Gasteiger partial charge in [-0.05, 0) is 43.2 Å². The molecule has 0 radical (unpaired) electrons. The lowest BCUT2D eigenvalue weighted by Gasteiger charge is -2.31. The van der Waals surface area contributed by atoms with Crippen molar-refractivity contribution in [3.8, 4) is 0 Å². The molecule has 0 unspecified atom stereocenters. The summed E-state index contributed by atoms with van der Waals surface area (Å²) in [4.78, 5) is 31.5. The van der Waals surface area contributed by atoms with E-state index in [1.165, 1.54) is 0 Å². The fraction of sp³-hybridized carbons (Fsp3) is 0.227. The number of hydrogen-bond donors (Lipinski definition) is 1. The Balaban J connectivity index is 1.39. The zero-order chi connectivity index (χ0) is 19.5. The van der Waals surface area contributed by atoms with Crippen LogP contribution in [0.2, 0.25) is 5.02 Å². The number of fused-ring (bicyclic) bond motifs is 1. The van der Waals surface area contributed by atoms with Crippen molar-refractivity contribution in [2.75, 3.05) is 18.4 Å². The molecular weight excluding hydrogens is 374 g/mol. The molecule has 2 amide bonds. The number of nitrogens with zero attached hydrogens (tertiary/aromatic N) is 2. The van der Waals surface area contributed by atoms with Gasteiger partial charge < -0.3 is 10.2 Å². The van der Waals surface area contributed by atoms with Gasteiger partial charge in [-0.3, -0.25) is 14.6 Å². The van der Waals surface area contributed by atoms with Gasteiger partial charge in [-0.15, -0.1) is 0 Å². The minimum Gasteiger partial charge on any atom is -0.339 e. The summed E-state index contributed by atoms with van der Waals surface area (Å²) in [5, 5.41) is 4.55. The van der Waals surface area contributed by atoms with Gasteiger partial charge in [0.1, 0.15) is 0 Å². The van der Waals surface area contributed by atoms with Gasteiger partial charge in [0, 0.05) is 41.2 Å². The predicted molar refractivity (Wildman–Crippen MR) is 110 cm³/mol. The predicted octanol–water partition coefficient (Wildman–Crippen LogP) is 4.38. The van der Waals surface area contributed by atoms with Gasteiger partial charge in [0.05, 0.1) is 11.2 Å². The summed E-state index contributed by atoms with van der Waals surface area (Å²) in [6.07, 6.45) is 2.99. The number of nitrogens with one attached hydrogen (secondary N) is 1. The lowest BCUT2D eigenvalue weighted by molar-refractivity contribution is -0.121. The van der Waals surface area contributed by atoms with E-state index < -0.39 is 0 Å². The standard InChI is InChI=1S/C22H20ClN3O2/c23-18-7-1-5-17(14-18)22(28)26-12-9-16(10-13-26)21(27)25-19-8-2-4-15-6-3-11-24-20(15)19/h1-8,11,14,16H,9-10,12-13H2,(H,25,27). The lowest BCUT2D eigenvalue weighted by atomic mass is 9.95. The summed E-state index contributed by atoms with van der Waals surface area (Å²) in [6, 6.07) is 16.6. The molecule has 2 aromatic carbocycles. The first-order chi connectivity index (χ1) is 13.6. The van der Waals surface area contributed by atoms with Crippen LogP contribution in [-0.2, 0) is 4.79 Å².